The molecule has 0 unspecified atom stereocenters. The molecule has 0 spiro atoms. The standard InChI is InChI=1S/C20H20N4/c1-13-8-9-16-15(12-19-21-10-11-23(16)19)20(13)24-14(2)22(3)17-6-4-5-7-18(17)24/h4-11,14H,12H2,1-3H3/t14-/m0/s1/i3D3. The smallest absolute Gasteiger partial charge is 0.117 e. The van der Waals surface area contributed by atoms with Gasteiger partial charge in [0.25, 0.3) is 0 Å². The number of aromatic nitrogens is 2. The predicted molar refractivity (Wildman–Crippen MR) is 97.6 cm³/mol. The van der Waals surface area contributed by atoms with E-state index >= 15 is 0 Å². The Balaban J connectivity index is 1.73. The third-order valence-electron chi connectivity index (χ3n) is 5.16. The van der Waals surface area contributed by atoms with Gasteiger partial charge in [-0.15, -0.1) is 0 Å². The first-order chi connectivity index (χ1) is 12.9. The number of nitrogens with zero attached hydrogens (tertiary/aromatic N) is 4. The average Bonchev–Trinajstić information content (AvgIpc) is 3.25. The second-order valence-corrected chi connectivity index (χ2v) is 6.48. The maximum absolute atomic E-state index is 8.05. The zero-order chi connectivity index (χ0) is 18.9. The minimum atomic E-state index is -2.21. The van der Waals surface area contributed by atoms with Gasteiger partial charge in [-0.05, 0) is 37.6 Å². The Kier molecular flexibility index (Phi) is 2.11. The maximum atomic E-state index is 8.05. The summed E-state index contributed by atoms with van der Waals surface area (Å²) in [7, 11) is 0. The van der Waals surface area contributed by atoms with E-state index in [1.54, 1.807) is 0 Å². The van der Waals surface area contributed by atoms with Crippen molar-refractivity contribution in [3.63, 3.8) is 0 Å². The van der Waals surface area contributed by atoms with Gasteiger partial charge in [-0.25, -0.2) is 4.98 Å². The summed E-state index contributed by atoms with van der Waals surface area (Å²) in [6.07, 6.45) is 4.24. The Hall–Kier alpha value is -2.75. The van der Waals surface area contributed by atoms with Crippen molar-refractivity contribution in [1.82, 2.24) is 9.55 Å². The van der Waals surface area contributed by atoms with Gasteiger partial charge in [-0.2, -0.15) is 0 Å². The monoisotopic (exact) mass is 319 g/mol. The van der Waals surface area contributed by atoms with Gasteiger partial charge in [-0.3, -0.25) is 0 Å². The number of aryl methyl sites for hydroxylation is 1. The highest BCUT2D eigenvalue weighted by Crippen LogP contribution is 2.47. The molecule has 2 aromatic carbocycles. The van der Waals surface area contributed by atoms with Crippen LogP contribution in [0.15, 0.2) is 48.8 Å². The number of hydrogen-bond donors (Lipinski definition) is 0. The third kappa shape index (κ3) is 1.60. The van der Waals surface area contributed by atoms with E-state index in [-0.39, 0.29) is 6.17 Å². The second-order valence-electron chi connectivity index (χ2n) is 6.48. The summed E-state index contributed by atoms with van der Waals surface area (Å²) >= 11 is 0. The van der Waals surface area contributed by atoms with Gasteiger partial charge in [0.1, 0.15) is 12.0 Å². The fraction of sp³-hybridized carbons (Fsp3) is 0.250. The van der Waals surface area contributed by atoms with Crippen molar-refractivity contribution in [1.29, 1.82) is 0 Å². The zero-order valence-corrected chi connectivity index (χ0v) is 13.7. The van der Waals surface area contributed by atoms with Crippen LogP contribution < -0.4 is 9.80 Å². The average molecular weight is 319 g/mol. The number of fused-ring (bicyclic) bond motifs is 4. The summed E-state index contributed by atoms with van der Waals surface area (Å²) in [4.78, 5) is 8.18. The second kappa shape index (κ2) is 4.63. The maximum Gasteiger partial charge on any atom is 0.117 e. The topological polar surface area (TPSA) is 24.3 Å². The van der Waals surface area contributed by atoms with E-state index in [0.717, 1.165) is 40.6 Å². The molecule has 0 radical (unpaired) electrons. The Morgan fingerprint density at radius 1 is 1.12 bits per heavy atom. The first-order valence-electron chi connectivity index (χ1n) is 9.70. The lowest BCUT2D eigenvalue weighted by Crippen LogP contribution is -2.36. The molecular formula is C20H20N4. The molecule has 4 heteroatoms. The summed E-state index contributed by atoms with van der Waals surface area (Å²) in [5.41, 5.74) is 6.23. The number of rotatable bonds is 1. The van der Waals surface area contributed by atoms with Crippen LogP contribution in [0, 0.1) is 6.92 Å². The summed E-state index contributed by atoms with van der Waals surface area (Å²) in [5.74, 6) is 1.02. The molecule has 24 heavy (non-hydrogen) atoms. The Labute approximate surface area is 146 Å². The molecule has 1 aromatic heterocycles. The van der Waals surface area contributed by atoms with E-state index in [1.807, 2.05) is 43.6 Å². The van der Waals surface area contributed by atoms with Crippen LogP contribution in [0.25, 0.3) is 5.69 Å². The molecule has 3 heterocycles. The number of benzene rings is 2. The first-order valence-corrected chi connectivity index (χ1v) is 8.20. The number of imidazole rings is 1. The lowest BCUT2D eigenvalue weighted by Gasteiger charge is -2.30. The van der Waals surface area contributed by atoms with Crippen LogP contribution in [0.2, 0.25) is 0 Å². The molecule has 2 aliphatic rings. The zero-order valence-electron chi connectivity index (χ0n) is 16.7. The molecule has 120 valence electrons. The molecule has 2 aliphatic heterocycles. The lowest BCUT2D eigenvalue weighted by molar-refractivity contribution is 0.730. The Bertz CT molecular complexity index is 1050. The quantitative estimate of drug-likeness (QED) is 0.529. The molecule has 0 bridgehead atoms. The van der Waals surface area contributed by atoms with Crippen LogP contribution >= 0.6 is 0 Å². The molecule has 1 atom stereocenters. The van der Waals surface area contributed by atoms with Gasteiger partial charge in [0.05, 0.1) is 22.7 Å². The molecule has 3 aromatic rings. The van der Waals surface area contributed by atoms with Gasteiger partial charge >= 0.3 is 0 Å². The molecule has 0 saturated carbocycles. The van der Waals surface area contributed by atoms with Gasteiger partial charge in [-0.1, -0.05) is 18.2 Å². The Morgan fingerprint density at radius 3 is 2.79 bits per heavy atom. The summed E-state index contributed by atoms with van der Waals surface area (Å²) in [6, 6.07) is 12.0. The first kappa shape index (κ1) is 10.9. The van der Waals surface area contributed by atoms with Gasteiger partial charge in [0.15, 0.2) is 0 Å². The molecule has 0 N–H and O–H groups in total. The number of para-hydroxylation sites is 2. The van der Waals surface area contributed by atoms with Crippen LogP contribution in [-0.4, -0.2) is 22.7 Å². The highest BCUT2D eigenvalue weighted by atomic mass is 15.4. The van der Waals surface area contributed by atoms with Gasteiger partial charge in [0.2, 0.25) is 0 Å². The highest BCUT2D eigenvalue weighted by molar-refractivity contribution is 5.86. The van der Waals surface area contributed by atoms with Crippen molar-refractivity contribution in [2.75, 3.05) is 16.8 Å². The van der Waals surface area contributed by atoms with Crippen molar-refractivity contribution >= 4 is 17.1 Å². The fourth-order valence-electron chi connectivity index (χ4n) is 4.02. The van der Waals surface area contributed by atoms with E-state index in [2.05, 4.69) is 33.5 Å². The number of hydrogen-bond acceptors (Lipinski definition) is 3. The summed E-state index contributed by atoms with van der Waals surface area (Å²) < 4.78 is 26.3. The van der Waals surface area contributed by atoms with E-state index < -0.39 is 6.98 Å². The molecule has 0 fully saturated rings. The Morgan fingerprint density at radius 2 is 1.96 bits per heavy atom. The minimum Gasteiger partial charge on any atom is -0.353 e. The van der Waals surface area contributed by atoms with Gasteiger partial charge in [0, 0.05) is 35.5 Å². The summed E-state index contributed by atoms with van der Waals surface area (Å²) in [6.45, 7) is 1.84. The fourth-order valence-corrected chi connectivity index (χ4v) is 4.02. The largest absolute Gasteiger partial charge is 0.353 e. The van der Waals surface area contributed by atoms with E-state index in [9.17, 15) is 0 Å². The molecule has 0 saturated heterocycles. The van der Waals surface area contributed by atoms with Gasteiger partial charge < -0.3 is 14.4 Å². The van der Waals surface area contributed by atoms with Crippen molar-refractivity contribution < 1.29 is 4.11 Å². The molecule has 0 aliphatic carbocycles. The molecule has 4 nitrogen and oxygen atoms in total. The number of anilines is 3. The molecule has 5 rings (SSSR count). The predicted octanol–water partition coefficient (Wildman–Crippen LogP) is 4.02. The van der Waals surface area contributed by atoms with E-state index in [4.69, 9.17) is 4.11 Å². The van der Waals surface area contributed by atoms with Crippen LogP contribution in [0.4, 0.5) is 17.1 Å². The van der Waals surface area contributed by atoms with Crippen molar-refractivity contribution in [3.05, 3.63) is 65.7 Å². The van der Waals surface area contributed by atoms with Crippen LogP contribution in [0.5, 0.6) is 0 Å². The van der Waals surface area contributed by atoms with Crippen LogP contribution in [-0.2, 0) is 6.42 Å². The summed E-state index contributed by atoms with van der Waals surface area (Å²) in [5, 5.41) is 0. The third-order valence-corrected chi connectivity index (χ3v) is 5.16. The van der Waals surface area contributed by atoms with E-state index in [0.29, 0.717) is 0 Å². The molecular weight excluding hydrogens is 296 g/mol. The minimum absolute atomic E-state index is 0.312. The van der Waals surface area contributed by atoms with E-state index in [1.165, 1.54) is 10.5 Å². The highest BCUT2D eigenvalue weighted by Gasteiger charge is 2.35. The lowest BCUT2D eigenvalue weighted by atomic mass is 10.0. The van der Waals surface area contributed by atoms with Crippen LogP contribution in [0.1, 0.15) is 28.0 Å². The SMILES string of the molecule is [2H]C([2H])([2H])N1c2ccccc2N(c2c(C)ccc3c2Cc2nccn2-3)[C@H]1C. The van der Waals surface area contributed by atoms with Crippen molar-refractivity contribution in [2.24, 2.45) is 0 Å². The van der Waals surface area contributed by atoms with Crippen molar-refractivity contribution in [2.45, 2.75) is 26.4 Å². The van der Waals surface area contributed by atoms with Crippen molar-refractivity contribution in [3.8, 4) is 5.69 Å². The normalized spacial score (nSPS) is 20.2. The van der Waals surface area contributed by atoms with Crippen LogP contribution in [0.3, 0.4) is 0 Å². The molecule has 0 amide bonds.